The molecule has 0 aliphatic carbocycles. The molecule has 1 atom stereocenters. The monoisotopic (exact) mass is 181 g/mol. The van der Waals surface area contributed by atoms with Gasteiger partial charge in [0.2, 0.25) is 0 Å². The van der Waals surface area contributed by atoms with E-state index in [0.29, 0.717) is 11.3 Å². The largest absolute Gasteiger partial charge is 0.382 e. The third kappa shape index (κ3) is 0.865. The van der Waals surface area contributed by atoms with Crippen LogP contribution in [-0.2, 0) is 7.05 Å². The highest BCUT2D eigenvalue weighted by Crippen LogP contribution is 2.12. The summed E-state index contributed by atoms with van der Waals surface area (Å²) in [6, 6.07) is 0. The summed E-state index contributed by atoms with van der Waals surface area (Å²) in [5, 5.41) is 0. The fourth-order valence-electron chi connectivity index (χ4n) is 1.03. The van der Waals surface area contributed by atoms with Crippen molar-refractivity contribution in [2.75, 3.05) is 5.73 Å². The van der Waals surface area contributed by atoms with Crippen molar-refractivity contribution in [3.63, 3.8) is 0 Å². The molecule has 12 heavy (non-hydrogen) atoms. The number of fused-ring (bicyclic) bond motifs is 1. The average molecular weight is 181 g/mol. The molecule has 0 aliphatic heterocycles. The normalized spacial score (nSPS) is 10.8. The van der Waals surface area contributed by atoms with Crippen LogP contribution in [0.1, 0.15) is 0 Å². The summed E-state index contributed by atoms with van der Waals surface area (Å²) >= 11 is 0. The third-order valence-electron chi connectivity index (χ3n) is 1.72. The molecule has 62 valence electrons. The van der Waals surface area contributed by atoms with Gasteiger partial charge < -0.3 is 10.3 Å². The summed E-state index contributed by atoms with van der Waals surface area (Å²) in [5.74, 6) is 0.421. The van der Waals surface area contributed by atoms with Crippen LogP contribution in [0.25, 0.3) is 11.2 Å². The first kappa shape index (κ1) is 7.43. The molecule has 0 saturated carbocycles. The standard InChI is InChI=1S/C6H8N5P/c1-11-5-3(10-6(11)12)4(7)8-2-9-5/h2H,12H2,1H3,(H2,7,8,9). The Kier molecular flexibility index (Phi) is 1.48. The molecule has 6 heteroatoms. The van der Waals surface area contributed by atoms with Gasteiger partial charge in [-0.15, -0.1) is 0 Å². The Morgan fingerprint density at radius 3 is 2.92 bits per heavy atom. The molecular formula is C6H8N5P. The summed E-state index contributed by atoms with van der Waals surface area (Å²) < 4.78 is 1.85. The summed E-state index contributed by atoms with van der Waals surface area (Å²) in [4.78, 5) is 12.1. The SMILES string of the molecule is Cn1c(P)nc2c(N)ncnc21. The van der Waals surface area contributed by atoms with E-state index < -0.39 is 0 Å². The van der Waals surface area contributed by atoms with Gasteiger partial charge in [-0.3, -0.25) is 0 Å². The van der Waals surface area contributed by atoms with Gasteiger partial charge in [-0.2, -0.15) is 0 Å². The smallest absolute Gasteiger partial charge is 0.165 e. The molecule has 2 rings (SSSR count). The highest BCUT2D eigenvalue weighted by Gasteiger charge is 2.07. The highest BCUT2D eigenvalue weighted by atomic mass is 31.0. The first-order valence-electron chi connectivity index (χ1n) is 3.38. The summed E-state index contributed by atoms with van der Waals surface area (Å²) in [6.45, 7) is 0. The zero-order valence-electron chi connectivity index (χ0n) is 6.52. The average Bonchev–Trinajstić information content (AvgIpc) is 2.32. The number of nitrogens with two attached hydrogens (primary N) is 1. The van der Waals surface area contributed by atoms with Gasteiger partial charge in [0.25, 0.3) is 0 Å². The number of nitrogen functional groups attached to an aromatic ring is 1. The number of hydrogen-bond acceptors (Lipinski definition) is 4. The fourth-order valence-corrected chi connectivity index (χ4v) is 1.28. The molecule has 1 unspecified atom stereocenters. The van der Waals surface area contributed by atoms with Gasteiger partial charge in [-0.1, -0.05) is 9.24 Å². The van der Waals surface area contributed by atoms with Crippen molar-refractivity contribution in [2.24, 2.45) is 7.05 Å². The Balaban J connectivity index is 2.95. The zero-order valence-corrected chi connectivity index (χ0v) is 7.68. The van der Waals surface area contributed by atoms with Crippen molar-refractivity contribution < 1.29 is 0 Å². The van der Waals surface area contributed by atoms with E-state index in [0.717, 1.165) is 11.2 Å². The second-order valence-corrected chi connectivity index (χ2v) is 2.98. The van der Waals surface area contributed by atoms with Crippen molar-refractivity contribution in [1.29, 1.82) is 0 Å². The van der Waals surface area contributed by atoms with Gasteiger partial charge in [0.05, 0.1) is 0 Å². The van der Waals surface area contributed by atoms with Crippen LogP contribution in [0.15, 0.2) is 6.33 Å². The van der Waals surface area contributed by atoms with E-state index in [1.165, 1.54) is 6.33 Å². The number of imidazole rings is 1. The van der Waals surface area contributed by atoms with Gasteiger partial charge in [-0.25, -0.2) is 15.0 Å². The van der Waals surface area contributed by atoms with Crippen LogP contribution in [-0.4, -0.2) is 19.5 Å². The molecule has 0 aliphatic rings. The predicted molar refractivity (Wildman–Crippen MR) is 50.1 cm³/mol. The van der Waals surface area contributed by atoms with E-state index in [2.05, 4.69) is 24.2 Å². The molecule has 5 nitrogen and oxygen atoms in total. The minimum absolute atomic E-state index is 0.421. The molecule has 2 aromatic rings. The zero-order chi connectivity index (χ0) is 8.72. The van der Waals surface area contributed by atoms with Gasteiger partial charge in [-0.05, 0) is 0 Å². The molecule has 0 spiro atoms. The molecular weight excluding hydrogens is 173 g/mol. The summed E-state index contributed by atoms with van der Waals surface area (Å²) in [5.41, 5.74) is 7.82. The minimum Gasteiger partial charge on any atom is -0.382 e. The van der Waals surface area contributed by atoms with Crippen molar-refractivity contribution in [2.45, 2.75) is 0 Å². The van der Waals surface area contributed by atoms with Gasteiger partial charge in [0.15, 0.2) is 17.0 Å². The van der Waals surface area contributed by atoms with E-state index in [1.54, 1.807) is 0 Å². The van der Waals surface area contributed by atoms with E-state index in [4.69, 9.17) is 5.73 Å². The lowest BCUT2D eigenvalue weighted by atomic mass is 10.5. The van der Waals surface area contributed by atoms with Crippen LogP contribution in [0.2, 0.25) is 0 Å². The fraction of sp³-hybridized carbons (Fsp3) is 0.167. The Hall–Kier alpha value is -1.22. The van der Waals surface area contributed by atoms with E-state index in [1.807, 2.05) is 11.6 Å². The lowest BCUT2D eigenvalue weighted by Crippen LogP contribution is -2.06. The van der Waals surface area contributed by atoms with Crippen LogP contribution >= 0.6 is 9.24 Å². The number of anilines is 1. The van der Waals surface area contributed by atoms with Crippen LogP contribution in [0.3, 0.4) is 0 Å². The van der Waals surface area contributed by atoms with Crippen molar-refractivity contribution in [3.05, 3.63) is 6.33 Å². The van der Waals surface area contributed by atoms with E-state index in [-0.39, 0.29) is 0 Å². The minimum atomic E-state index is 0.421. The number of aryl methyl sites for hydroxylation is 1. The van der Waals surface area contributed by atoms with Crippen molar-refractivity contribution in [1.82, 2.24) is 19.5 Å². The first-order valence-corrected chi connectivity index (χ1v) is 3.96. The topological polar surface area (TPSA) is 69.6 Å². The molecule has 2 heterocycles. The van der Waals surface area contributed by atoms with Gasteiger partial charge >= 0.3 is 0 Å². The molecule has 0 radical (unpaired) electrons. The lowest BCUT2D eigenvalue weighted by molar-refractivity contribution is 0.967. The Bertz CT molecular complexity index is 435. The number of hydrogen-bond donors (Lipinski definition) is 1. The molecule has 0 fully saturated rings. The molecule has 0 saturated heterocycles. The maximum absolute atomic E-state index is 5.60. The maximum Gasteiger partial charge on any atom is 0.165 e. The van der Waals surface area contributed by atoms with Crippen LogP contribution in [0.5, 0.6) is 0 Å². The molecule has 0 amide bonds. The first-order chi connectivity index (χ1) is 5.70. The quantitative estimate of drug-likeness (QED) is 0.553. The van der Waals surface area contributed by atoms with E-state index >= 15 is 0 Å². The van der Waals surface area contributed by atoms with Crippen LogP contribution in [0, 0.1) is 0 Å². The highest BCUT2D eigenvalue weighted by molar-refractivity contribution is 7.26. The van der Waals surface area contributed by atoms with Gasteiger partial charge in [0, 0.05) is 7.05 Å². The molecule has 0 bridgehead atoms. The number of rotatable bonds is 0. The Morgan fingerprint density at radius 2 is 2.25 bits per heavy atom. The van der Waals surface area contributed by atoms with Gasteiger partial charge in [0.1, 0.15) is 11.9 Å². The van der Waals surface area contributed by atoms with Crippen LogP contribution in [0.4, 0.5) is 5.82 Å². The van der Waals surface area contributed by atoms with Crippen molar-refractivity contribution in [3.8, 4) is 0 Å². The van der Waals surface area contributed by atoms with Crippen LogP contribution < -0.4 is 11.3 Å². The molecule has 0 aromatic carbocycles. The molecule has 2 N–H and O–H groups in total. The molecule has 2 aromatic heterocycles. The number of aromatic nitrogens is 4. The third-order valence-corrected chi connectivity index (χ3v) is 2.24. The number of nitrogens with zero attached hydrogens (tertiary/aromatic N) is 4. The second-order valence-electron chi connectivity index (χ2n) is 2.46. The van der Waals surface area contributed by atoms with E-state index in [9.17, 15) is 0 Å². The lowest BCUT2D eigenvalue weighted by Gasteiger charge is -1.94. The maximum atomic E-state index is 5.60. The Morgan fingerprint density at radius 1 is 1.50 bits per heavy atom. The summed E-state index contributed by atoms with van der Waals surface area (Å²) in [7, 11) is 4.39. The predicted octanol–water partition coefficient (Wildman–Crippen LogP) is -0.554. The van der Waals surface area contributed by atoms with Crippen molar-refractivity contribution >= 4 is 31.8 Å². The second kappa shape index (κ2) is 2.38. The Labute approximate surface area is 71.2 Å². The summed E-state index contributed by atoms with van der Waals surface area (Å²) in [6.07, 6.45) is 1.43.